The Morgan fingerprint density at radius 3 is 2.86 bits per heavy atom. The number of anilines is 1. The van der Waals surface area contributed by atoms with Crippen LogP contribution in [0.1, 0.15) is 18.9 Å². The summed E-state index contributed by atoms with van der Waals surface area (Å²) in [5.74, 6) is -2.65. The molecular formula is C20H17F3N4O. The van der Waals surface area contributed by atoms with Crippen LogP contribution in [0.4, 0.5) is 19.1 Å². The molecule has 2 aliphatic rings. The molecular weight excluding hydrogens is 369 g/mol. The molecule has 2 N–H and O–H groups in total. The van der Waals surface area contributed by atoms with E-state index in [9.17, 15) is 18.0 Å². The van der Waals surface area contributed by atoms with Crippen LogP contribution in [-0.2, 0) is 6.54 Å². The highest BCUT2D eigenvalue weighted by Crippen LogP contribution is 2.31. The fraction of sp³-hybridized carbons (Fsp3) is 0.200. The van der Waals surface area contributed by atoms with Crippen LogP contribution in [0.5, 0.6) is 0 Å². The molecule has 144 valence electrons. The van der Waals surface area contributed by atoms with Gasteiger partial charge in [0, 0.05) is 23.5 Å². The lowest BCUT2D eigenvalue weighted by Gasteiger charge is -2.23. The highest BCUT2D eigenvalue weighted by molar-refractivity contribution is 5.46. The third-order valence-corrected chi connectivity index (χ3v) is 4.80. The van der Waals surface area contributed by atoms with Crippen LogP contribution >= 0.6 is 0 Å². The summed E-state index contributed by atoms with van der Waals surface area (Å²) >= 11 is 0. The molecule has 0 spiro atoms. The lowest BCUT2D eigenvalue weighted by Crippen LogP contribution is -2.23. The minimum Gasteiger partial charge on any atom is -0.365 e. The minimum absolute atomic E-state index is 0.0159. The molecule has 1 aliphatic heterocycles. The number of nitrogens with zero attached hydrogens (tertiary/aromatic N) is 2. The van der Waals surface area contributed by atoms with Crippen LogP contribution in [0.15, 0.2) is 64.5 Å². The molecule has 1 aromatic heterocycles. The summed E-state index contributed by atoms with van der Waals surface area (Å²) in [7, 11) is 0. The number of allylic oxidation sites excluding steroid dienone is 4. The number of benzene rings is 1. The van der Waals surface area contributed by atoms with E-state index in [0.29, 0.717) is 12.0 Å². The van der Waals surface area contributed by atoms with Gasteiger partial charge in [0.05, 0.1) is 6.54 Å². The van der Waals surface area contributed by atoms with E-state index < -0.39 is 23.0 Å². The van der Waals surface area contributed by atoms with E-state index in [0.717, 1.165) is 35.3 Å². The normalized spacial score (nSPS) is 18.0. The summed E-state index contributed by atoms with van der Waals surface area (Å²) < 4.78 is 41.9. The topological polar surface area (TPSA) is 59.0 Å². The SMILES string of the molecule is CC1=C(Nc2nc(=O)c(F)cn2Cc2ccc(F)c(F)c2)CC2C=CNC2=C1. The van der Waals surface area contributed by atoms with Gasteiger partial charge in [-0.25, -0.2) is 8.78 Å². The molecule has 8 heteroatoms. The second-order valence-corrected chi connectivity index (χ2v) is 6.79. The van der Waals surface area contributed by atoms with E-state index in [1.54, 1.807) is 0 Å². The lowest BCUT2D eigenvalue weighted by atomic mass is 9.92. The average Bonchev–Trinajstić information content (AvgIpc) is 3.09. The molecule has 0 bridgehead atoms. The minimum atomic E-state index is -1.02. The molecule has 0 fully saturated rings. The molecule has 0 saturated heterocycles. The van der Waals surface area contributed by atoms with Crippen molar-refractivity contribution < 1.29 is 13.2 Å². The molecule has 0 saturated carbocycles. The van der Waals surface area contributed by atoms with Crippen LogP contribution in [0, 0.1) is 23.4 Å². The zero-order valence-electron chi connectivity index (χ0n) is 15.0. The van der Waals surface area contributed by atoms with E-state index in [1.807, 2.05) is 25.3 Å². The first kappa shape index (κ1) is 18.1. The molecule has 1 atom stereocenters. The average molecular weight is 386 g/mol. The third-order valence-electron chi connectivity index (χ3n) is 4.80. The van der Waals surface area contributed by atoms with Gasteiger partial charge in [0.25, 0.3) is 0 Å². The fourth-order valence-corrected chi connectivity index (χ4v) is 3.31. The Bertz CT molecular complexity index is 1100. The molecule has 0 amide bonds. The van der Waals surface area contributed by atoms with Crippen molar-refractivity contribution in [3.05, 3.63) is 93.1 Å². The van der Waals surface area contributed by atoms with Crippen molar-refractivity contribution in [2.45, 2.75) is 19.9 Å². The maximum atomic E-state index is 13.8. The molecule has 4 rings (SSSR count). The number of nitrogens with one attached hydrogen (secondary N) is 2. The summed E-state index contributed by atoms with van der Waals surface area (Å²) in [5, 5.41) is 6.29. The van der Waals surface area contributed by atoms with Crippen LogP contribution in [0.3, 0.4) is 0 Å². The predicted octanol–water partition coefficient (Wildman–Crippen LogP) is 3.42. The van der Waals surface area contributed by atoms with Crippen LogP contribution in [0.25, 0.3) is 0 Å². The molecule has 1 unspecified atom stereocenters. The van der Waals surface area contributed by atoms with Gasteiger partial charge < -0.3 is 15.2 Å². The van der Waals surface area contributed by atoms with E-state index in [-0.39, 0.29) is 18.4 Å². The number of hydrogen-bond donors (Lipinski definition) is 2. The molecule has 0 radical (unpaired) electrons. The van der Waals surface area contributed by atoms with Gasteiger partial charge >= 0.3 is 5.56 Å². The van der Waals surface area contributed by atoms with Crippen molar-refractivity contribution in [2.75, 3.05) is 5.32 Å². The number of aromatic nitrogens is 2. The van der Waals surface area contributed by atoms with Crippen molar-refractivity contribution in [2.24, 2.45) is 5.92 Å². The van der Waals surface area contributed by atoms with Gasteiger partial charge in [-0.05, 0) is 48.9 Å². The fourth-order valence-electron chi connectivity index (χ4n) is 3.31. The third kappa shape index (κ3) is 3.45. The Balaban J connectivity index is 1.68. The van der Waals surface area contributed by atoms with Gasteiger partial charge in [-0.15, -0.1) is 0 Å². The van der Waals surface area contributed by atoms with Gasteiger partial charge in [0.15, 0.2) is 11.6 Å². The standard InChI is InChI=1S/C20H17F3N4O/c1-11-6-18-13(4-5-24-18)8-17(11)25-20-26-19(28)16(23)10-27(20)9-12-2-3-14(21)15(22)7-12/h2-7,10,13,24H,8-9H2,1H3,(H,25,26,28). The van der Waals surface area contributed by atoms with E-state index in [2.05, 4.69) is 15.6 Å². The van der Waals surface area contributed by atoms with Gasteiger partial charge in [-0.2, -0.15) is 9.37 Å². The summed E-state index contributed by atoms with van der Waals surface area (Å²) in [6, 6.07) is 3.43. The first-order chi connectivity index (χ1) is 13.4. The largest absolute Gasteiger partial charge is 0.365 e. The molecule has 2 heterocycles. The Kier molecular flexibility index (Phi) is 4.54. The molecule has 1 aromatic carbocycles. The zero-order valence-corrected chi connectivity index (χ0v) is 15.0. The van der Waals surface area contributed by atoms with Crippen molar-refractivity contribution in [1.82, 2.24) is 14.9 Å². The van der Waals surface area contributed by atoms with Crippen LogP contribution in [0.2, 0.25) is 0 Å². The summed E-state index contributed by atoms with van der Waals surface area (Å²) in [4.78, 5) is 15.5. The van der Waals surface area contributed by atoms with E-state index >= 15 is 0 Å². The Morgan fingerprint density at radius 2 is 2.07 bits per heavy atom. The molecule has 2 aromatic rings. The molecule has 5 nitrogen and oxygen atoms in total. The Hall–Kier alpha value is -3.29. The smallest absolute Gasteiger partial charge is 0.310 e. The van der Waals surface area contributed by atoms with Gasteiger partial charge in [0.2, 0.25) is 11.8 Å². The Morgan fingerprint density at radius 1 is 1.25 bits per heavy atom. The zero-order chi connectivity index (χ0) is 19.8. The predicted molar refractivity (Wildman–Crippen MR) is 98.7 cm³/mol. The highest BCUT2D eigenvalue weighted by atomic mass is 19.2. The van der Waals surface area contributed by atoms with E-state index in [4.69, 9.17) is 0 Å². The first-order valence-electron chi connectivity index (χ1n) is 8.73. The van der Waals surface area contributed by atoms with Gasteiger partial charge in [0.1, 0.15) is 0 Å². The van der Waals surface area contributed by atoms with Crippen molar-refractivity contribution in [3.63, 3.8) is 0 Å². The number of rotatable bonds is 4. The van der Waals surface area contributed by atoms with Crippen molar-refractivity contribution in [1.29, 1.82) is 0 Å². The highest BCUT2D eigenvalue weighted by Gasteiger charge is 2.23. The number of hydrogen-bond acceptors (Lipinski definition) is 4. The number of halogens is 3. The maximum Gasteiger partial charge on any atom is 0.310 e. The second kappa shape index (κ2) is 7.03. The molecule has 28 heavy (non-hydrogen) atoms. The Labute approximate surface area is 158 Å². The molecule has 1 aliphatic carbocycles. The summed E-state index contributed by atoms with van der Waals surface area (Å²) in [6.45, 7) is 1.94. The summed E-state index contributed by atoms with van der Waals surface area (Å²) in [5.41, 5.74) is 2.32. The number of fused-ring (bicyclic) bond motifs is 1. The monoisotopic (exact) mass is 386 g/mol. The van der Waals surface area contributed by atoms with Gasteiger partial charge in [-0.3, -0.25) is 4.79 Å². The maximum absolute atomic E-state index is 13.8. The summed E-state index contributed by atoms with van der Waals surface area (Å²) in [6.07, 6.45) is 7.58. The van der Waals surface area contributed by atoms with Crippen LogP contribution in [-0.4, -0.2) is 9.55 Å². The van der Waals surface area contributed by atoms with Crippen molar-refractivity contribution >= 4 is 5.95 Å². The first-order valence-corrected chi connectivity index (χ1v) is 8.73. The second-order valence-electron chi connectivity index (χ2n) is 6.79. The van der Waals surface area contributed by atoms with Crippen molar-refractivity contribution in [3.8, 4) is 0 Å². The lowest BCUT2D eigenvalue weighted by molar-refractivity contribution is 0.506. The van der Waals surface area contributed by atoms with E-state index in [1.165, 1.54) is 10.6 Å². The van der Waals surface area contributed by atoms with Gasteiger partial charge in [-0.1, -0.05) is 12.1 Å². The van der Waals surface area contributed by atoms with Crippen LogP contribution < -0.4 is 16.2 Å². The quantitative estimate of drug-likeness (QED) is 0.846.